The molecule has 5 rings (SSSR count). The molecule has 31 heavy (non-hydrogen) atoms. The van der Waals surface area contributed by atoms with Gasteiger partial charge in [0.2, 0.25) is 0 Å². The first kappa shape index (κ1) is 20.9. The molecule has 1 heterocycles. The van der Waals surface area contributed by atoms with Crippen LogP contribution in [0.3, 0.4) is 0 Å². The van der Waals surface area contributed by atoms with Gasteiger partial charge in [0.15, 0.2) is 23.0 Å². The number of ether oxygens (including phenoxy) is 2. The monoisotopic (exact) mass is 529 g/mol. The molecule has 0 radical (unpaired) electrons. The lowest BCUT2D eigenvalue weighted by Crippen LogP contribution is -2.36. The molecule has 0 amide bonds. The Morgan fingerprint density at radius 3 is 2.39 bits per heavy atom. The molecule has 3 aromatic carbocycles. The van der Waals surface area contributed by atoms with Crippen molar-refractivity contribution in [3.05, 3.63) is 53.6 Å². The van der Waals surface area contributed by atoms with Crippen molar-refractivity contribution in [1.29, 1.82) is 0 Å². The average Bonchev–Trinajstić information content (AvgIpc) is 3.13. The summed E-state index contributed by atoms with van der Waals surface area (Å²) in [7, 11) is 1.75. The van der Waals surface area contributed by atoms with E-state index in [4.69, 9.17) is 12.5 Å². The van der Waals surface area contributed by atoms with Crippen molar-refractivity contribution in [2.75, 3.05) is 38.3 Å². The van der Waals surface area contributed by atoms with Crippen molar-refractivity contribution in [1.82, 2.24) is 0 Å². The Hall–Kier alpha value is -1.99. The van der Waals surface area contributed by atoms with Crippen molar-refractivity contribution >= 4 is 39.5 Å². The fourth-order valence-corrected chi connectivity index (χ4v) is 5.99. The molecule has 0 saturated carbocycles. The number of methoxy groups -OCH3 is 1. The maximum Gasteiger partial charge on any atom is 0.192 e. The molecular formula is C26H28INO3. The number of hydrogen-bond acceptors (Lipinski definition) is 4. The third kappa shape index (κ3) is 3.04. The lowest BCUT2D eigenvalue weighted by atomic mass is 9.73. The van der Waals surface area contributed by atoms with Gasteiger partial charge in [-0.3, -0.25) is 0 Å². The summed E-state index contributed by atoms with van der Waals surface area (Å²) in [6.07, 6.45) is 2.12. The molecule has 0 spiro atoms. The quantitative estimate of drug-likeness (QED) is 0.353. The van der Waals surface area contributed by atoms with E-state index in [1.54, 1.807) is 7.11 Å². The number of morpholine rings is 1. The predicted octanol–water partition coefficient (Wildman–Crippen LogP) is 6.50. The minimum absolute atomic E-state index is 0.0170. The van der Waals surface area contributed by atoms with E-state index in [1.165, 1.54) is 27.6 Å². The first-order valence-electron chi connectivity index (χ1n) is 11.1. The summed E-state index contributed by atoms with van der Waals surface area (Å²) in [5, 5.41) is 2.34. The second-order valence-electron chi connectivity index (χ2n) is 8.38. The lowest BCUT2D eigenvalue weighted by Gasteiger charge is -2.31. The molecule has 5 heteroatoms. The van der Waals surface area contributed by atoms with E-state index in [2.05, 4.69) is 61.2 Å². The Morgan fingerprint density at radius 2 is 1.71 bits per heavy atom. The second kappa shape index (κ2) is 8.17. The molecular weight excluding hydrogens is 501 g/mol. The van der Waals surface area contributed by atoms with Gasteiger partial charge in [0, 0.05) is 23.9 Å². The molecule has 1 aliphatic carbocycles. The Kier molecular flexibility index (Phi) is 5.51. The third-order valence-electron chi connectivity index (χ3n) is 7.27. The number of rotatable bonds is 5. The van der Waals surface area contributed by atoms with E-state index in [0.717, 1.165) is 61.7 Å². The summed E-state index contributed by atoms with van der Waals surface area (Å²) < 4.78 is 17.3. The number of halogens is 1. The second-order valence-corrected chi connectivity index (χ2v) is 8.82. The van der Waals surface area contributed by atoms with Crippen molar-refractivity contribution in [3.8, 4) is 22.6 Å². The summed E-state index contributed by atoms with van der Waals surface area (Å²) in [5.74, 6) is 1.79. The molecule has 3 aromatic rings. The first-order chi connectivity index (χ1) is 15.2. The molecule has 1 fully saturated rings. The number of nitrogens with zero attached hydrogens (tertiary/aromatic N) is 1. The minimum Gasteiger partial charge on any atom is -0.495 e. The van der Waals surface area contributed by atoms with Crippen molar-refractivity contribution in [2.45, 2.75) is 32.1 Å². The van der Waals surface area contributed by atoms with Crippen LogP contribution in [-0.2, 0) is 10.2 Å². The molecule has 2 aliphatic rings. The van der Waals surface area contributed by atoms with Crippen molar-refractivity contribution in [2.24, 2.45) is 0 Å². The number of hydrogen-bond donors (Lipinski definition) is 0. The first-order valence-corrected chi connectivity index (χ1v) is 12.0. The topological polar surface area (TPSA) is 30.9 Å². The average molecular weight is 529 g/mol. The van der Waals surface area contributed by atoms with Crippen molar-refractivity contribution in [3.63, 3.8) is 0 Å². The van der Waals surface area contributed by atoms with Crippen LogP contribution >= 0.6 is 23.0 Å². The predicted molar refractivity (Wildman–Crippen MR) is 135 cm³/mol. The summed E-state index contributed by atoms with van der Waals surface area (Å²) in [5.41, 5.74) is 6.67. The number of fused-ring (bicyclic) bond motifs is 5. The minimum atomic E-state index is 0.0170. The van der Waals surface area contributed by atoms with E-state index in [0.29, 0.717) is 0 Å². The largest absolute Gasteiger partial charge is 0.495 e. The van der Waals surface area contributed by atoms with Gasteiger partial charge in [0.1, 0.15) is 11.5 Å². The van der Waals surface area contributed by atoms with Gasteiger partial charge >= 0.3 is 0 Å². The van der Waals surface area contributed by atoms with Crippen LogP contribution in [0.15, 0.2) is 42.5 Å². The van der Waals surface area contributed by atoms with Crippen LogP contribution in [0.4, 0.5) is 5.69 Å². The zero-order valence-corrected chi connectivity index (χ0v) is 20.5. The van der Waals surface area contributed by atoms with Crippen LogP contribution in [0, 0.1) is 0 Å². The molecule has 0 unspecified atom stereocenters. The van der Waals surface area contributed by atoms with Gasteiger partial charge in [0.25, 0.3) is 0 Å². The highest BCUT2D eigenvalue weighted by molar-refractivity contribution is 14.1. The Bertz CT molecular complexity index is 1130. The van der Waals surface area contributed by atoms with Crippen LogP contribution in [-0.4, -0.2) is 33.4 Å². The molecule has 0 atom stereocenters. The summed E-state index contributed by atoms with van der Waals surface area (Å²) >= 11 is 2.01. The van der Waals surface area contributed by atoms with Crippen LogP contribution < -0.4 is 12.7 Å². The molecule has 162 valence electrons. The third-order valence-corrected chi connectivity index (χ3v) is 7.74. The zero-order chi connectivity index (χ0) is 21.6. The highest BCUT2D eigenvalue weighted by Crippen LogP contribution is 2.57. The number of benzene rings is 3. The van der Waals surface area contributed by atoms with E-state index < -0.39 is 0 Å². The summed E-state index contributed by atoms with van der Waals surface area (Å²) in [6, 6.07) is 15.7. The van der Waals surface area contributed by atoms with E-state index in [9.17, 15) is 0 Å². The molecule has 1 aliphatic heterocycles. The Balaban J connectivity index is 1.87. The SMILES string of the molecule is CCC1(CC)c2ccccc2-c2c1cc(OI)c1cc(OC)c(N3CCOCC3)cc21. The van der Waals surface area contributed by atoms with Crippen LogP contribution in [0.1, 0.15) is 37.8 Å². The van der Waals surface area contributed by atoms with E-state index in [1.807, 2.05) is 23.0 Å². The summed E-state index contributed by atoms with van der Waals surface area (Å²) in [6.45, 7) is 7.84. The number of anilines is 1. The van der Waals surface area contributed by atoms with Gasteiger partial charge in [-0.1, -0.05) is 38.1 Å². The van der Waals surface area contributed by atoms with Crippen molar-refractivity contribution < 1.29 is 12.5 Å². The zero-order valence-electron chi connectivity index (χ0n) is 18.3. The highest BCUT2D eigenvalue weighted by Gasteiger charge is 2.42. The van der Waals surface area contributed by atoms with Gasteiger partial charge in [-0.2, -0.15) is 0 Å². The lowest BCUT2D eigenvalue weighted by molar-refractivity contribution is 0.122. The van der Waals surface area contributed by atoms with E-state index >= 15 is 0 Å². The van der Waals surface area contributed by atoms with Crippen LogP contribution in [0.25, 0.3) is 21.9 Å². The summed E-state index contributed by atoms with van der Waals surface area (Å²) in [4.78, 5) is 2.37. The normalized spacial score (nSPS) is 16.8. The fourth-order valence-electron chi connectivity index (χ4n) is 5.63. The van der Waals surface area contributed by atoms with Gasteiger partial charge < -0.3 is 17.4 Å². The van der Waals surface area contributed by atoms with Gasteiger partial charge in [-0.15, -0.1) is 0 Å². The smallest absolute Gasteiger partial charge is 0.192 e. The van der Waals surface area contributed by atoms with Gasteiger partial charge in [-0.25, -0.2) is 0 Å². The highest BCUT2D eigenvalue weighted by atomic mass is 127. The maximum absolute atomic E-state index is 5.90. The molecule has 0 N–H and O–H groups in total. The fraction of sp³-hybridized carbons (Fsp3) is 0.385. The Labute approximate surface area is 198 Å². The molecule has 0 aromatic heterocycles. The van der Waals surface area contributed by atoms with Crippen LogP contribution in [0.2, 0.25) is 0 Å². The molecule has 1 saturated heterocycles. The van der Waals surface area contributed by atoms with Gasteiger partial charge in [0.05, 0.1) is 26.0 Å². The molecule has 0 bridgehead atoms. The molecule has 4 nitrogen and oxygen atoms in total. The maximum atomic E-state index is 5.90. The standard InChI is InChI=1S/C26H28INO3/c1-4-26(5-2)20-9-7-6-8-17(20)25-19-14-22(28-10-12-30-13-11-28)24(29-3)15-18(19)23(31-27)16-21(25)26/h6-9,14-16H,4-5,10-13H2,1-3H3. The van der Waals surface area contributed by atoms with Crippen LogP contribution in [0.5, 0.6) is 11.5 Å². The van der Waals surface area contributed by atoms with Gasteiger partial charge in [-0.05, 0) is 58.7 Å². The Morgan fingerprint density at radius 1 is 0.968 bits per heavy atom. The van der Waals surface area contributed by atoms with E-state index in [-0.39, 0.29) is 5.41 Å².